The van der Waals surface area contributed by atoms with Gasteiger partial charge < -0.3 is 15.6 Å². The molecule has 0 spiro atoms. The van der Waals surface area contributed by atoms with Gasteiger partial charge in [-0.05, 0) is 75.0 Å². The standard InChI is InChI=1S/C28H30N6/c1-5-34-17-25(27(32-34)20-8-10-21(29)11-9-20)22-12-13-30-28-24(22)15-26(31-28)23-14-19(16-33(3)4)7-6-18(23)2/h6-15,17H,5,16,29H2,1-4H3,(H,30,31). The summed E-state index contributed by atoms with van der Waals surface area (Å²) < 4.78 is 1.98. The van der Waals surface area contributed by atoms with Crippen LogP contribution in [0, 0.1) is 6.92 Å². The van der Waals surface area contributed by atoms with Gasteiger partial charge in [-0.25, -0.2) is 4.98 Å². The molecule has 0 atom stereocenters. The zero-order chi connectivity index (χ0) is 23.8. The van der Waals surface area contributed by atoms with Crippen LogP contribution >= 0.6 is 0 Å². The monoisotopic (exact) mass is 450 g/mol. The van der Waals surface area contributed by atoms with Crippen LogP contribution in [0.4, 0.5) is 5.69 Å². The molecule has 0 aliphatic heterocycles. The minimum Gasteiger partial charge on any atom is -0.399 e. The lowest BCUT2D eigenvalue weighted by atomic mass is 9.99. The molecule has 0 aliphatic rings. The number of anilines is 1. The van der Waals surface area contributed by atoms with Crippen LogP contribution in [0.25, 0.3) is 44.7 Å². The van der Waals surface area contributed by atoms with E-state index >= 15 is 0 Å². The van der Waals surface area contributed by atoms with Gasteiger partial charge in [0.1, 0.15) is 11.3 Å². The minimum absolute atomic E-state index is 0.744. The molecule has 0 fully saturated rings. The summed E-state index contributed by atoms with van der Waals surface area (Å²) in [4.78, 5) is 10.4. The quantitative estimate of drug-likeness (QED) is 0.324. The molecule has 172 valence electrons. The van der Waals surface area contributed by atoms with Gasteiger partial charge >= 0.3 is 0 Å². The number of benzene rings is 2. The highest BCUT2D eigenvalue weighted by Gasteiger charge is 2.18. The fourth-order valence-electron chi connectivity index (χ4n) is 4.46. The molecule has 3 aromatic heterocycles. The third-order valence-corrected chi connectivity index (χ3v) is 6.18. The largest absolute Gasteiger partial charge is 0.399 e. The zero-order valence-electron chi connectivity index (χ0n) is 20.1. The molecule has 0 saturated carbocycles. The van der Waals surface area contributed by atoms with Crippen molar-refractivity contribution in [1.29, 1.82) is 0 Å². The Morgan fingerprint density at radius 2 is 1.76 bits per heavy atom. The topological polar surface area (TPSA) is 75.8 Å². The number of aromatic nitrogens is 4. The van der Waals surface area contributed by atoms with Crippen LogP contribution in [0.5, 0.6) is 0 Å². The lowest BCUT2D eigenvalue weighted by molar-refractivity contribution is 0.402. The lowest BCUT2D eigenvalue weighted by Crippen LogP contribution is -2.10. The molecule has 6 heteroatoms. The van der Waals surface area contributed by atoms with E-state index in [9.17, 15) is 0 Å². The first-order valence-electron chi connectivity index (χ1n) is 11.6. The summed E-state index contributed by atoms with van der Waals surface area (Å²) in [7, 11) is 4.18. The predicted octanol–water partition coefficient (Wildman–Crippen LogP) is 5.73. The summed E-state index contributed by atoms with van der Waals surface area (Å²) in [5, 5.41) is 5.96. The van der Waals surface area contributed by atoms with Crippen LogP contribution < -0.4 is 5.73 Å². The third-order valence-electron chi connectivity index (χ3n) is 6.18. The molecule has 0 bridgehead atoms. The predicted molar refractivity (Wildman–Crippen MR) is 140 cm³/mol. The Kier molecular flexibility index (Phi) is 5.67. The summed E-state index contributed by atoms with van der Waals surface area (Å²) in [6.45, 7) is 5.95. The highest BCUT2D eigenvalue weighted by molar-refractivity contribution is 5.99. The highest BCUT2D eigenvalue weighted by atomic mass is 15.3. The summed E-state index contributed by atoms with van der Waals surface area (Å²) in [5.41, 5.74) is 16.5. The van der Waals surface area contributed by atoms with Gasteiger partial charge in [0.2, 0.25) is 0 Å². The molecule has 34 heavy (non-hydrogen) atoms. The van der Waals surface area contributed by atoms with E-state index in [1.54, 1.807) is 0 Å². The molecule has 3 heterocycles. The number of nitrogens with two attached hydrogens (primary N) is 1. The fourth-order valence-corrected chi connectivity index (χ4v) is 4.46. The number of pyridine rings is 1. The Balaban J connectivity index is 1.66. The average molecular weight is 451 g/mol. The normalized spacial score (nSPS) is 11.6. The first-order valence-corrected chi connectivity index (χ1v) is 11.6. The highest BCUT2D eigenvalue weighted by Crippen LogP contribution is 2.37. The number of H-pyrrole nitrogens is 1. The molecule has 0 unspecified atom stereocenters. The number of nitrogens with one attached hydrogen (secondary N) is 1. The molecule has 5 rings (SSSR count). The molecule has 3 N–H and O–H groups in total. The number of nitrogen functional groups attached to an aromatic ring is 1. The van der Waals surface area contributed by atoms with Gasteiger partial charge in [-0.15, -0.1) is 0 Å². The Bertz CT molecular complexity index is 1460. The van der Waals surface area contributed by atoms with Crippen molar-refractivity contribution >= 4 is 16.7 Å². The van der Waals surface area contributed by atoms with E-state index in [0.29, 0.717) is 0 Å². The summed E-state index contributed by atoms with van der Waals surface area (Å²) >= 11 is 0. The SMILES string of the molecule is CCn1cc(-c2ccnc3[nH]c(-c4cc(CN(C)C)ccc4C)cc23)c(-c2ccc(N)cc2)n1. The average Bonchev–Trinajstić information content (AvgIpc) is 3.45. The third kappa shape index (κ3) is 4.08. The van der Waals surface area contributed by atoms with E-state index < -0.39 is 0 Å². The number of aromatic amines is 1. The second-order valence-electron chi connectivity index (χ2n) is 9.06. The van der Waals surface area contributed by atoms with Crippen LogP contribution in [-0.4, -0.2) is 38.7 Å². The van der Waals surface area contributed by atoms with Gasteiger partial charge in [-0.3, -0.25) is 4.68 Å². The van der Waals surface area contributed by atoms with Crippen LogP contribution in [0.3, 0.4) is 0 Å². The van der Waals surface area contributed by atoms with E-state index in [1.165, 1.54) is 16.7 Å². The van der Waals surface area contributed by atoms with E-state index in [2.05, 4.69) is 79.3 Å². The zero-order valence-corrected chi connectivity index (χ0v) is 20.1. The van der Waals surface area contributed by atoms with Crippen molar-refractivity contribution in [3.8, 4) is 33.6 Å². The number of hydrogen-bond donors (Lipinski definition) is 2. The lowest BCUT2D eigenvalue weighted by Gasteiger charge is -2.12. The van der Waals surface area contributed by atoms with Crippen molar-refractivity contribution < 1.29 is 0 Å². The smallest absolute Gasteiger partial charge is 0.138 e. The first kappa shape index (κ1) is 21.9. The molecule has 6 nitrogen and oxygen atoms in total. The van der Waals surface area contributed by atoms with Crippen molar-refractivity contribution in [2.75, 3.05) is 19.8 Å². The summed E-state index contributed by atoms with van der Waals surface area (Å²) in [6.07, 6.45) is 3.99. The maximum atomic E-state index is 5.93. The van der Waals surface area contributed by atoms with Crippen LogP contribution in [0.2, 0.25) is 0 Å². The van der Waals surface area contributed by atoms with Crippen LogP contribution in [0.15, 0.2) is 67.0 Å². The molecular weight excluding hydrogens is 420 g/mol. The molecule has 0 saturated heterocycles. The molecular formula is C28H30N6. The van der Waals surface area contributed by atoms with Gasteiger partial charge in [0, 0.05) is 58.9 Å². The van der Waals surface area contributed by atoms with Crippen molar-refractivity contribution in [2.24, 2.45) is 0 Å². The van der Waals surface area contributed by atoms with E-state index in [0.717, 1.165) is 57.9 Å². The minimum atomic E-state index is 0.744. The van der Waals surface area contributed by atoms with Crippen LogP contribution in [-0.2, 0) is 13.1 Å². The van der Waals surface area contributed by atoms with E-state index in [1.807, 2.05) is 35.1 Å². The Morgan fingerprint density at radius 1 is 0.971 bits per heavy atom. The number of hydrogen-bond acceptors (Lipinski definition) is 4. The molecule has 5 aromatic rings. The number of aryl methyl sites for hydroxylation is 2. The number of rotatable bonds is 6. The van der Waals surface area contributed by atoms with Crippen molar-refractivity contribution in [3.05, 3.63) is 78.1 Å². The van der Waals surface area contributed by atoms with E-state index in [-0.39, 0.29) is 0 Å². The van der Waals surface area contributed by atoms with Gasteiger partial charge in [0.05, 0.1) is 0 Å². The van der Waals surface area contributed by atoms with Crippen LogP contribution in [0.1, 0.15) is 18.1 Å². The molecule has 0 amide bonds. The second-order valence-corrected chi connectivity index (χ2v) is 9.06. The first-order chi connectivity index (χ1) is 16.4. The molecule has 0 radical (unpaired) electrons. The maximum absolute atomic E-state index is 5.93. The summed E-state index contributed by atoms with van der Waals surface area (Å²) in [5.74, 6) is 0. The van der Waals surface area contributed by atoms with Crippen molar-refractivity contribution in [1.82, 2.24) is 24.6 Å². The Labute approximate surface area is 200 Å². The van der Waals surface area contributed by atoms with Crippen molar-refractivity contribution in [2.45, 2.75) is 26.9 Å². The maximum Gasteiger partial charge on any atom is 0.138 e. The molecule has 2 aromatic carbocycles. The van der Waals surface area contributed by atoms with Crippen molar-refractivity contribution in [3.63, 3.8) is 0 Å². The van der Waals surface area contributed by atoms with E-state index in [4.69, 9.17) is 10.8 Å². The number of fused-ring (bicyclic) bond motifs is 1. The fraction of sp³-hybridized carbons (Fsp3) is 0.214. The number of nitrogens with zero attached hydrogens (tertiary/aromatic N) is 4. The van der Waals surface area contributed by atoms with Gasteiger partial charge in [-0.2, -0.15) is 5.10 Å². The van der Waals surface area contributed by atoms with Gasteiger partial charge in [-0.1, -0.05) is 24.3 Å². The molecule has 0 aliphatic carbocycles. The Hall–Kier alpha value is -3.90. The van der Waals surface area contributed by atoms with Gasteiger partial charge in [0.15, 0.2) is 0 Å². The second kappa shape index (κ2) is 8.80. The van der Waals surface area contributed by atoms with Gasteiger partial charge in [0.25, 0.3) is 0 Å². The Morgan fingerprint density at radius 3 is 2.50 bits per heavy atom. The summed E-state index contributed by atoms with van der Waals surface area (Å²) in [6, 6.07) is 18.9.